The Hall–Kier alpha value is -1.79. The van der Waals surface area contributed by atoms with E-state index in [2.05, 4.69) is 15.2 Å². The molecule has 7 heteroatoms. The van der Waals surface area contributed by atoms with Gasteiger partial charge in [-0.25, -0.2) is 4.99 Å². The number of halogens is 1. The van der Waals surface area contributed by atoms with Crippen molar-refractivity contribution in [1.29, 1.82) is 0 Å². The monoisotopic (exact) mass is 364 g/mol. The maximum absolute atomic E-state index is 12.9. The number of fused-ring (bicyclic) bond motifs is 3. The summed E-state index contributed by atoms with van der Waals surface area (Å²) in [6.07, 6.45) is 4.66. The molecule has 3 heterocycles. The summed E-state index contributed by atoms with van der Waals surface area (Å²) in [5.74, 6) is 0.356. The van der Waals surface area contributed by atoms with E-state index in [1.807, 2.05) is 19.0 Å². The average Bonchev–Trinajstić information content (AvgIpc) is 2.61. The number of carbonyl (C=O) groups excluding carboxylic acids is 1. The number of hydrogen-bond donors (Lipinski definition) is 1. The SMILES string of the molecule is COc1cc(/N=C/N(C)C)c(Cl)cc1C(=O)NC12CCN(CC1)CC2. The molecule has 1 amide bonds. The second kappa shape index (κ2) is 7.22. The summed E-state index contributed by atoms with van der Waals surface area (Å²) in [7, 11) is 5.31. The van der Waals surface area contributed by atoms with Crippen molar-refractivity contribution in [3.8, 4) is 5.75 Å². The summed E-state index contributed by atoms with van der Waals surface area (Å²) in [4.78, 5) is 21.5. The Balaban J connectivity index is 1.83. The molecule has 3 aliphatic heterocycles. The number of piperidine rings is 3. The first-order chi connectivity index (χ1) is 11.9. The maximum atomic E-state index is 12.9. The zero-order chi connectivity index (χ0) is 18.0. The number of rotatable bonds is 5. The Morgan fingerprint density at radius 1 is 1.32 bits per heavy atom. The van der Waals surface area contributed by atoms with Crippen LogP contribution in [-0.2, 0) is 0 Å². The van der Waals surface area contributed by atoms with Crippen LogP contribution in [0.2, 0.25) is 5.02 Å². The number of ether oxygens (including phenoxy) is 1. The number of carbonyl (C=O) groups is 1. The normalized spacial score (nSPS) is 25.2. The standard InChI is InChI=1S/C18H25ClN4O2/c1-22(2)12-20-15-11-16(25-3)13(10-14(15)19)17(24)21-18-4-7-23(8-5-18)9-6-18/h10-12H,4-9H2,1-3H3,(H,21,24)/b20-12+. The van der Waals surface area contributed by atoms with Gasteiger partial charge in [0.25, 0.3) is 5.91 Å². The predicted molar refractivity (Wildman–Crippen MR) is 100 cm³/mol. The van der Waals surface area contributed by atoms with Gasteiger partial charge in [0.2, 0.25) is 0 Å². The van der Waals surface area contributed by atoms with Crippen LogP contribution in [0.4, 0.5) is 5.69 Å². The number of methoxy groups -OCH3 is 1. The van der Waals surface area contributed by atoms with E-state index in [1.54, 1.807) is 25.6 Å². The lowest BCUT2D eigenvalue weighted by Gasteiger charge is -2.48. The first-order valence-electron chi connectivity index (χ1n) is 8.55. The molecule has 1 N–H and O–H groups in total. The highest BCUT2D eigenvalue weighted by atomic mass is 35.5. The van der Waals surface area contributed by atoms with Crippen LogP contribution in [0, 0.1) is 0 Å². The molecule has 0 atom stereocenters. The number of amides is 1. The van der Waals surface area contributed by atoms with E-state index >= 15 is 0 Å². The van der Waals surface area contributed by atoms with E-state index in [1.165, 1.54) is 0 Å². The van der Waals surface area contributed by atoms with Crippen LogP contribution >= 0.6 is 11.6 Å². The number of aliphatic imine (C=N–C) groups is 1. The molecule has 0 aliphatic carbocycles. The highest BCUT2D eigenvalue weighted by Gasteiger charge is 2.40. The number of hydrogen-bond acceptors (Lipinski definition) is 4. The van der Waals surface area contributed by atoms with Gasteiger partial charge in [0.05, 0.1) is 29.7 Å². The molecule has 2 bridgehead atoms. The van der Waals surface area contributed by atoms with Crippen molar-refractivity contribution in [2.24, 2.45) is 4.99 Å². The maximum Gasteiger partial charge on any atom is 0.255 e. The van der Waals surface area contributed by atoms with E-state index in [0.717, 1.165) is 38.9 Å². The van der Waals surface area contributed by atoms with Crippen LogP contribution in [-0.4, -0.2) is 68.4 Å². The third kappa shape index (κ3) is 3.90. The molecule has 4 rings (SSSR count). The van der Waals surface area contributed by atoms with Crippen molar-refractivity contribution < 1.29 is 9.53 Å². The summed E-state index contributed by atoms with van der Waals surface area (Å²) in [6, 6.07) is 3.35. The molecule has 0 saturated carbocycles. The van der Waals surface area contributed by atoms with Gasteiger partial charge in [-0.1, -0.05) is 11.6 Å². The summed E-state index contributed by atoms with van der Waals surface area (Å²) in [5.41, 5.74) is 0.942. The van der Waals surface area contributed by atoms with Crippen LogP contribution in [0.5, 0.6) is 5.75 Å². The molecular formula is C18H25ClN4O2. The molecule has 1 aromatic carbocycles. The van der Waals surface area contributed by atoms with Gasteiger partial charge in [0.1, 0.15) is 5.75 Å². The molecule has 3 fully saturated rings. The third-order valence-electron chi connectivity index (χ3n) is 5.04. The quantitative estimate of drug-likeness (QED) is 0.644. The zero-order valence-electron chi connectivity index (χ0n) is 15.0. The third-order valence-corrected chi connectivity index (χ3v) is 5.34. The minimum atomic E-state index is -0.128. The summed E-state index contributed by atoms with van der Waals surface area (Å²) >= 11 is 6.33. The highest BCUT2D eigenvalue weighted by Crippen LogP contribution is 2.35. The molecule has 136 valence electrons. The van der Waals surface area contributed by atoms with Gasteiger partial charge in [-0.3, -0.25) is 4.79 Å². The smallest absolute Gasteiger partial charge is 0.255 e. The van der Waals surface area contributed by atoms with Gasteiger partial charge in [-0.2, -0.15) is 0 Å². The molecule has 25 heavy (non-hydrogen) atoms. The lowest BCUT2D eigenvalue weighted by Crippen LogP contribution is -2.61. The summed E-state index contributed by atoms with van der Waals surface area (Å²) < 4.78 is 5.42. The van der Waals surface area contributed by atoms with E-state index in [0.29, 0.717) is 22.0 Å². The first-order valence-corrected chi connectivity index (χ1v) is 8.93. The van der Waals surface area contributed by atoms with Crippen molar-refractivity contribution in [2.75, 3.05) is 40.8 Å². The van der Waals surface area contributed by atoms with Gasteiger partial charge in [0, 0.05) is 45.3 Å². The van der Waals surface area contributed by atoms with Crippen LogP contribution in [0.25, 0.3) is 0 Å². The van der Waals surface area contributed by atoms with Crippen molar-refractivity contribution >= 4 is 29.5 Å². The van der Waals surface area contributed by atoms with Crippen LogP contribution in [0.3, 0.4) is 0 Å². The fraction of sp³-hybridized carbons (Fsp3) is 0.556. The number of benzene rings is 1. The molecule has 0 radical (unpaired) electrons. The van der Waals surface area contributed by atoms with E-state index in [9.17, 15) is 4.79 Å². The lowest BCUT2D eigenvalue weighted by molar-refractivity contribution is 0.0514. The van der Waals surface area contributed by atoms with Gasteiger partial charge in [-0.05, 0) is 25.3 Å². The van der Waals surface area contributed by atoms with E-state index in [-0.39, 0.29) is 11.4 Å². The van der Waals surface area contributed by atoms with Crippen LogP contribution < -0.4 is 10.1 Å². The van der Waals surface area contributed by atoms with Gasteiger partial charge >= 0.3 is 0 Å². The molecular weight excluding hydrogens is 340 g/mol. The van der Waals surface area contributed by atoms with Crippen molar-refractivity contribution in [1.82, 2.24) is 15.1 Å². The van der Waals surface area contributed by atoms with Gasteiger partial charge < -0.3 is 19.9 Å². The minimum Gasteiger partial charge on any atom is -0.496 e. The molecule has 3 saturated heterocycles. The fourth-order valence-corrected chi connectivity index (χ4v) is 3.70. The minimum absolute atomic E-state index is 0.0922. The largest absolute Gasteiger partial charge is 0.496 e. The molecule has 6 nitrogen and oxygen atoms in total. The zero-order valence-corrected chi connectivity index (χ0v) is 15.8. The highest BCUT2D eigenvalue weighted by molar-refractivity contribution is 6.33. The molecule has 0 unspecified atom stereocenters. The second-order valence-electron chi connectivity index (χ2n) is 7.04. The Morgan fingerprint density at radius 3 is 2.52 bits per heavy atom. The van der Waals surface area contributed by atoms with Gasteiger partial charge in [-0.15, -0.1) is 0 Å². The second-order valence-corrected chi connectivity index (χ2v) is 7.45. The average molecular weight is 365 g/mol. The van der Waals surface area contributed by atoms with Crippen molar-refractivity contribution in [2.45, 2.75) is 24.8 Å². The first kappa shape index (κ1) is 18.0. The Labute approximate surface area is 153 Å². The summed E-state index contributed by atoms with van der Waals surface area (Å²) in [6.45, 7) is 3.16. The Kier molecular flexibility index (Phi) is 5.20. The Bertz CT molecular complexity index is 668. The van der Waals surface area contributed by atoms with E-state index < -0.39 is 0 Å². The topological polar surface area (TPSA) is 57.2 Å². The Morgan fingerprint density at radius 2 is 1.96 bits per heavy atom. The summed E-state index contributed by atoms with van der Waals surface area (Å²) in [5, 5.41) is 3.69. The fourth-order valence-electron chi connectivity index (χ4n) is 3.49. The molecule has 3 aliphatic rings. The van der Waals surface area contributed by atoms with E-state index in [4.69, 9.17) is 16.3 Å². The number of nitrogens with zero attached hydrogens (tertiary/aromatic N) is 3. The molecule has 0 spiro atoms. The van der Waals surface area contributed by atoms with Gasteiger partial charge in [0.15, 0.2) is 0 Å². The van der Waals surface area contributed by atoms with Crippen molar-refractivity contribution in [3.05, 3.63) is 22.7 Å². The number of nitrogens with one attached hydrogen (secondary N) is 1. The van der Waals surface area contributed by atoms with Crippen molar-refractivity contribution in [3.63, 3.8) is 0 Å². The molecule has 0 aromatic heterocycles. The molecule has 1 aromatic rings. The lowest BCUT2D eigenvalue weighted by atomic mass is 9.80. The predicted octanol–water partition coefficient (Wildman–Crippen LogP) is 2.54. The van der Waals surface area contributed by atoms with Crippen LogP contribution in [0.15, 0.2) is 17.1 Å². The van der Waals surface area contributed by atoms with Crippen LogP contribution in [0.1, 0.15) is 29.6 Å².